The van der Waals surface area contributed by atoms with Crippen molar-refractivity contribution >= 4 is 0 Å². The summed E-state index contributed by atoms with van der Waals surface area (Å²) in [6.45, 7) is 4.69. The molecular weight excluding hydrogens is 200 g/mol. The van der Waals surface area contributed by atoms with Gasteiger partial charge in [0.15, 0.2) is 0 Å². The van der Waals surface area contributed by atoms with Crippen molar-refractivity contribution < 1.29 is 4.74 Å². The molecule has 16 heavy (non-hydrogen) atoms. The Bertz CT molecular complexity index is 370. The topological polar surface area (TPSA) is 45.0 Å². The number of nitrogens with zero attached hydrogens (tertiary/aromatic N) is 1. The van der Waals surface area contributed by atoms with Crippen molar-refractivity contribution in [3.8, 4) is 11.8 Å². The van der Waals surface area contributed by atoms with Gasteiger partial charge in [0, 0.05) is 12.6 Å². The molecule has 0 saturated heterocycles. The Labute approximate surface area is 97.0 Å². The van der Waals surface area contributed by atoms with Gasteiger partial charge in [-0.25, -0.2) is 0 Å². The summed E-state index contributed by atoms with van der Waals surface area (Å²) in [6.07, 6.45) is 0. The molecule has 0 amide bonds. The summed E-state index contributed by atoms with van der Waals surface area (Å²) < 4.78 is 5.17. The van der Waals surface area contributed by atoms with E-state index < -0.39 is 0 Å². The smallest absolute Gasteiger partial charge is 0.119 e. The fourth-order valence-electron chi connectivity index (χ4n) is 1.43. The second-order valence-electron chi connectivity index (χ2n) is 3.94. The Kier molecular flexibility index (Phi) is 4.81. The van der Waals surface area contributed by atoms with Crippen molar-refractivity contribution in [3.05, 3.63) is 29.8 Å². The molecule has 0 saturated carbocycles. The van der Waals surface area contributed by atoms with E-state index in [1.807, 2.05) is 25.1 Å². The Balaban J connectivity index is 2.59. The molecule has 1 N–H and O–H groups in total. The largest absolute Gasteiger partial charge is 0.497 e. The highest BCUT2D eigenvalue weighted by atomic mass is 16.5. The minimum absolute atomic E-state index is 0.0352. The van der Waals surface area contributed by atoms with E-state index in [0.29, 0.717) is 6.54 Å². The molecule has 86 valence electrons. The molecule has 1 aromatic rings. The predicted molar refractivity (Wildman–Crippen MR) is 64.2 cm³/mol. The second-order valence-corrected chi connectivity index (χ2v) is 3.94. The lowest BCUT2D eigenvalue weighted by Crippen LogP contribution is -2.23. The summed E-state index contributed by atoms with van der Waals surface area (Å²) in [5, 5.41) is 12.0. The number of rotatable bonds is 5. The van der Waals surface area contributed by atoms with Crippen LogP contribution in [-0.4, -0.2) is 13.7 Å². The first kappa shape index (κ1) is 12.5. The van der Waals surface area contributed by atoms with Crippen LogP contribution < -0.4 is 10.1 Å². The maximum absolute atomic E-state index is 8.69. The number of hydrogen-bond acceptors (Lipinski definition) is 3. The first-order valence-electron chi connectivity index (χ1n) is 5.44. The van der Waals surface area contributed by atoms with E-state index >= 15 is 0 Å². The van der Waals surface area contributed by atoms with E-state index in [1.54, 1.807) is 7.11 Å². The highest BCUT2D eigenvalue weighted by Gasteiger charge is 2.07. The Morgan fingerprint density at radius 2 is 2.19 bits per heavy atom. The number of hydrogen-bond donors (Lipinski definition) is 1. The van der Waals surface area contributed by atoms with Gasteiger partial charge in [0.05, 0.1) is 19.1 Å². The third kappa shape index (κ3) is 3.56. The van der Waals surface area contributed by atoms with Crippen LogP contribution in [0.4, 0.5) is 0 Å². The van der Waals surface area contributed by atoms with Crippen molar-refractivity contribution in [3.63, 3.8) is 0 Å². The normalized spacial score (nSPS) is 13.9. The zero-order chi connectivity index (χ0) is 12.0. The van der Waals surface area contributed by atoms with Crippen LogP contribution in [0.25, 0.3) is 0 Å². The van der Waals surface area contributed by atoms with Gasteiger partial charge in [-0.3, -0.25) is 0 Å². The molecule has 1 rings (SSSR count). The summed E-state index contributed by atoms with van der Waals surface area (Å²) >= 11 is 0. The van der Waals surface area contributed by atoms with E-state index in [-0.39, 0.29) is 12.0 Å². The van der Waals surface area contributed by atoms with Crippen LogP contribution in [0.15, 0.2) is 24.3 Å². The van der Waals surface area contributed by atoms with Gasteiger partial charge in [-0.2, -0.15) is 5.26 Å². The fourth-order valence-corrected chi connectivity index (χ4v) is 1.43. The number of nitriles is 1. The standard InChI is InChI=1S/C13H18N2O/c1-10(8-14)9-15-11(2)12-5-4-6-13(7-12)16-3/h4-7,10-11,15H,9H2,1-3H3/t10?,11-/m1/s1. The first-order chi connectivity index (χ1) is 7.67. The second kappa shape index (κ2) is 6.14. The number of benzene rings is 1. The maximum Gasteiger partial charge on any atom is 0.119 e. The van der Waals surface area contributed by atoms with E-state index in [4.69, 9.17) is 10.00 Å². The first-order valence-corrected chi connectivity index (χ1v) is 5.44. The van der Waals surface area contributed by atoms with E-state index in [2.05, 4.69) is 24.4 Å². The Hall–Kier alpha value is -1.53. The third-order valence-corrected chi connectivity index (χ3v) is 2.54. The van der Waals surface area contributed by atoms with Gasteiger partial charge in [0.1, 0.15) is 5.75 Å². The van der Waals surface area contributed by atoms with Crippen LogP contribution in [0.1, 0.15) is 25.5 Å². The Morgan fingerprint density at radius 1 is 1.44 bits per heavy atom. The lowest BCUT2D eigenvalue weighted by Gasteiger charge is -2.15. The zero-order valence-corrected chi connectivity index (χ0v) is 10.0. The van der Waals surface area contributed by atoms with Crippen LogP contribution in [-0.2, 0) is 0 Å². The lowest BCUT2D eigenvalue weighted by atomic mass is 10.1. The summed E-state index contributed by atoms with van der Waals surface area (Å²) in [4.78, 5) is 0. The van der Waals surface area contributed by atoms with Gasteiger partial charge in [-0.1, -0.05) is 12.1 Å². The molecule has 0 aliphatic rings. The fraction of sp³-hybridized carbons (Fsp3) is 0.462. The van der Waals surface area contributed by atoms with Crippen molar-refractivity contribution in [2.75, 3.05) is 13.7 Å². The quantitative estimate of drug-likeness (QED) is 0.826. The van der Waals surface area contributed by atoms with Crippen molar-refractivity contribution in [2.45, 2.75) is 19.9 Å². The van der Waals surface area contributed by atoms with Crippen LogP contribution >= 0.6 is 0 Å². The highest BCUT2D eigenvalue weighted by molar-refractivity contribution is 5.30. The van der Waals surface area contributed by atoms with Crippen LogP contribution in [0, 0.1) is 17.2 Å². The molecule has 0 bridgehead atoms. The summed E-state index contributed by atoms with van der Waals surface area (Å²) in [6, 6.07) is 10.4. The van der Waals surface area contributed by atoms with E-state index in [9.17, 15) is 0 Å². The molecule has 1 aromatic carbocycles. The zero-order valence-electron chi connectivity index (χ0n) is 10.0. The van der Waals surface area contributed by atoms with Gasteiger partial charge in [-0.15, -0.1) is 0 Å². The van der Waals surface area contributed by atoms with Crippen LogP contribution in [0.3, 0.4) is 0 Å². The van der Waals surface area contributed by atoms with E-state index in [1.165, 1.54) is 5.56 Å². The minimum atomic E-state index is 0.0352. The molecule has 0 aliphatic heterocycles. The van der Waals surface area contributed by atoms with Gasteiger partial charge >= 0.3 is 0 Å². The molecule has 0 aliphatic carbocycles. The van der Waals surface area contributed by atoms with Gasteiger partial charge in [-0.05, 0) is 31.5 Å². The average molecular weight is 218 g/mol. The summed E-state index contributed by atoms with van der Waals surface area (Å²) in [5.41, 5.74) is 1.17. The van der Waals surface area contributed by atoms with Crippen LogP contribution in [0.2, 0.25) is 0 Å². The molecule has 2 atom stereocenters. The molecule has 0 aromatic heterocycles. The van der Waals surface area contributed by atoms with Crippen molar-refractivity contribution in [1.29, 1.82) is 5.26 Å². The molecule has 3 heteroatoms. The highest BCUT2D eigenvalue weighted by Crippen LogP contribution is 2.18. The number of methoxy groups -OCH3 is 1. The third-order valence-electron chi connectivity index (χ3n) is 2.54. The molecule has 1 unspecified atom stereocenters. The average Bonchev–Trinajstić information content (AvgIpc) is 2.35. The van der Waals surface area contributed by atoms with Gasteiger partial charge in [0.25, 0.3) is 0 Å². The summed E-state index contributed by atoms with van der Waals surface area (Å²) in [7, 11) is 1.66. The number of ether oxygens (including phenoxy) is 1. The van der Waals surface area contributed by atoms with Crippen LogP contribution in [0.5, 0.6) is 5.75 Å². The Morgan fingerprint density at radius 3 is 2.81 bits per heavy atom. The van der Waals surface area contributed by atoms with Crippen molar-refractivity contribution in [1.82, 2.24) is 5.32 Å². The van der Waals surface area contributed by atoms with Crippen molar-refractivity contribution in [2.24, 2.45) is 5.92 Å². The minimum Gasteiger partial charge on any atom is -0.497 e. The monoisotopic (exact) mass is 218 g/mol. The number of nitrogens with one attached hydrogen (secondary N) is 1. The van der Waals surface area contributed by atoms with E-state index in [0.717, 1.165) is 5.75 Å². The molecule has 0 spiro atoms. The summed E-state index contributed by atoms with van der Waals surface area (Å²) in [5.74, 6) is 0.896. The molecule has 0 radical (unpaired) electrons. The lowest BCUT2D eigenvalue weighted by molar-refractivity contribution is 0.413. The molecule has 0 heterocycles. The molecule has 0 fully saturated rings. The maximum atomic E-state index is 8.69. The van der Waals surface area contributed by atoms with Gasteiger partial charge in [0.2, 0.25) is 0 Å². The molecular formula is C13H18N2O. The SMILES string of the molecule is COc1cccc([C@@H](C)NCC(C)C#N)c1. The molecule has 3 nitrogen and oxygen atoms in total. The predicted octanol–water partition coefficient (Wildman–Crippen LogP) is 2.51. The van der Waals surface area contributed by atoms with Gasteiger partial charge < -0.3 is 10.1 Å².